The topological polar surface area (TPSA) is 68.0 Å². The van der Waals surface area contributed by atoms with Crippen molar-refractivity contribution in [1.29, 1.82) is 0 Å². The summed E-state index contributed by atoms with van der Waals surface area (Å²) in [4.78, 5) is 15.9. The van der Waals surface area contributed by atoms with Crippen LogP contribution in [0, 0.1) is 25.7 Å². The lowest BCUT2D eigenvalue weighted by molar-refractivity contribution is -0.117. The summed E-state index contributed by atoms with van der Waals surface area (Å²) in [6, 6.07) is 10.9. The lowest BCUT2D eigenvalue weighted by atomic mass is 10.1. The van der Waals surface area contributed by atoms with Gasteiger partial charge in [0.15, 0.2) is 0 Å². The Kier molecular flexibility index (Phi) is 4.92. The molecular formula is C18H19N3O. The van der Waals surface area contributed by atoms with E-state index in [0.29, 0.717) is 11.5 Å². The SMILES string of the molecule is Cc1cc(C)cc(C#Cc2cccc(NC(=O)C(C)N)n2)c1. The number of carbonyl (C=O) groups is 1. The minimum absolute atomic E-state index is 0.271. The van der Waals surface area contributed by atoms with E-state index >= 15 is 0 Å². The number of nitrogens with zero attached hydrogens (tertiary/aromatic N) is 1. The molecule has 0 aliphatic heterocycles. The van der Waals surface area contributed by atoms with Crippen LogP contribution in [0.1, 0.15) is 29.3 Å². The largest absolute Gasteiger partial charge is 0.320 e. The minimum Gasteiger partial charge on any atom is -0.320 e. The fourth-order valence-corrected chi connectivity index (χ4v) is 2.00. The number of aryl methyl sites for hydroxylation is 2. The molecule has 0 radical (unpaired) electrons. The quantitative estimate of drug-likeness (QED) is 0.835. The predicted octanol–water partition coefficient (Wildman–Crippen LogP) is 2.38. The third-order valence-electron chi connectivity index (χ3n) is 2.97. The highest BCUT2D eigenvalue weighted by Crippen LogP contribution is 2.08. The smallest absolute Gasteiger partial charge is 0.242 e. The third-order valence-corrected chi connectivity index (χ3v) is 2.97. The Hall–Kier alpha value is -2.64. The van der Waals surface area contributed by atoms with Crippen LogP contribution < -0.4 is 11.1 Å². The van der Waals surface area contributed by atoms with E-state index in [1.54, 1.807) is 25.1 Å². The maximum atomic E-state index is 11.6. The summed E-state index contributed by atoms with van der Waals surface area (Å²) < 4.78 is 0. The number of nitrogens with two attached hydrogens (primary N) is 1. The first-order valence-corrected chi connectivity index (χ1v) is 7.08. The molecule has 0 saturated heterocycles. The van der Waals surface area contributed by atoms with Gasteiger partial charge < -0.3 is 11.1 Å². The average molecular weight is 293 g/mol. The molecule has 0 aliphatic rings. The highest BCUT2D eigenvalue weighted by molar-refractivity contribution is 5.93. The Labute approximate surface area is 130 Å². The van der Waals surface area contributed by atoms with E-state index in [1.807, 2.05) is 26.0 Å². The number of amides is 1. The maximum Gasteiger partial charge on any atom is 0.242 e. The summed E-state index contributed by atoms with van der Waals surface area (Å²) in [5.74, 6) is 6.29. The van der Waals surface area contributed by atoms with Crippen molar-refractivity contribution >= 4 is 11.7 Å². The molecule has 0 bridgehead atoms. The van der Waals surface area contributed by atoms with Gasteiger partial charge in [-0.1, -0.05) is 18.1 Å². The Balaban J connectivity index is 2.21. The summed E-state index contributed by atoms with van der Waals surface area (Å²) in [5.41, 5.74) is 9.42. The van der Waals surface area contributed by atoms with Crippen LogP contribution >= 0.6 is 0 Å². The summed E-state index contributed by atoms with van der Waals surface area (Å²) in [6.45, 7) is 5.71. The second-order valence-corrected chi connectivity index (χ2v) is 5.31. The number of benzene rings is 1. The van der Waals surface area contributed by atoms with Gasteiger partial charge in [0, 0.05) is 5.56 Å². The molecule has 0 spiro atoms. The molecule has 3 N–H and O–H groups in total. The molecule has 1 atom stereocenters. The highest BCUT2D eigenvalue weighted by atomic mass is 16.2. The molecule has 4 heteroatoms. The Morgan fingerprint density at radius 1 is 1.18 bits per heavy atom. The molecule has 0 saturated carbocycles. The van der Waals surface area contributed by atoms with Crippen molar-refractivity contribution in [2.45, 2.75) is 26.8 Å². The van der Waals surface area contributed by atoms with E-state index in [1.165, 1.54) is 11.1 Å². The number of hydrogen-bond acceptors (Lipinski definition) is 3. The van der Waals surface area contributed by atoms with Crippen molar-refractivity contribution in [3.8, 4) is 11.8 Å². The van der Waals surface area contributed by atoms with E-state index in [4.69, 9.17) is 5.73 Å². The first-order valence-electron chi connectivity index (χ1n) is 7.08. The van der Waals surface area contributed by atoms with Crippen LogP contribution in [0.5, 0.6) is 0 Å². The first kappa shape index (κ1) is 15.7. The molecule has 22 heavy (non-hydrogen) atoms. The molecule has 112 valence electrons. The number of rotatable bonds is 2. The van der Waals surface area contributed by atoms with Crippen molar-refractivity contribution in [3.05, 3.63) is 58.8 Å². The second-order valence-electron chi connectivity index (χ2n) is 5.31. The monoisotopic (exact) mass is 293 g/mol. The van der Waals surface area contributed by atoms with Crippen molar-refractivity contribution < 1.29 is 4.79 Å². The molecular weight excluding hydrogens is 274 g/mol. The zero-order chi connectivity index (χ0) is 16.1. The van der Waals surface area contributed by atoms with Crippen LogP contribution in [-0.2, 0) is 4.79 Å². The Bertz CT molecular complexity index is 734. The number of nitrogens with one attached hydrogen (secondary N) is 1. The lowest BCUT2D eigenvalue weighted by Crippen LogP contribution is -2.32. The summed E-state index contributed by atoms with van der Waals surface area (Å²) in [6.07, 6.45) is 0. The molecule has 1 unspecified atom stereocenters. The standard InChI is InChI=1S/C18H19N3O/c1-12-9-13(2)11-15(10-12)7-8-16-5-4-6-17(20-16)21-18(22)14(3)19/h4-6,9-11,14H,19H2,1-3H3,(H,20,21,22). The van der Waals surface area contributed by atoms with Crippen molar-refractivity contribution in [2.24, 2.45) is 5.73 Å². The zero-order valence-electron chi connectivity index (χ0n) is 13.0. The van der Waals surface area contributed by atoms with E-state index in [9.17, 15) is 4.79 Å². The van der Waals surface area contributed by atoms with Crippen LogP contribution in [0.15, 0.2) is 36.4 Å². The Morgan fingerprint density at radius 3 is 2.50 bits per heavy atom. The average Bonchev–Trinajstić information content (AvgIpc) is 2.44. The second kappa shape index (κ2) is 6.88. The lowest BCUT2D eigenvalue weighted by Gasteiger charge is -2.06. The molecule has 1 aromatic carbocycles. The number of carbonyl (C=O) groups excluding carboxylic acids is 1. The van der Waals surface area contributed by atoms with Crippen LogP contribution in [0.2, 0.25) is 0 Å². The summed E-state index contributed by atoms with van der Waals surface area (Å²) in [7, 11) is 0. The van der Waals surface area contributed by atoms with Gasteiger partial charge in [0.2, 0.25) is 5.91 Å². The van der Waals surface area contributed by atoms with Gasteiger partial charge in [0.05, 0.1) is 6.04 Å². The van der Waals surface area contributed by atoms with Crippen molar-refractivity contribution in [3.63, 3.8) is 0 Å². The van der Waals surface area contributed by atoms with Gasteiger partial charge in [-0.2, -0.15) is 0 Å². The molecule has 1 aromatic heterocycles. The number of pyridine rings is 1. The first-order chi connectivity index (χ1) is 10.4. The molecule has 0 aliphatic carbocycles. The van der Waals surface area contributed by atoms with Crippen LogP contribution in [0.25, 0.3) is 0 Å². The number of hydrogen-bond donors (Lipinski definition) is 2. The van der Waals surface area contributed by atoms with E-state index in [2.05, 4.69) is 28.2 Å². The van der Waals surface area contributed by atoms with Gasteiger partial charge in [-0.15, -0.1) is 0 Å². The third kappa shape index (κ3) is 4.44. The highest BCUT2D eigenvalue weighted by Gasteiger charge is 2.07. The molecule has 2 aromatic rings. The van der Waals surface area contributed by atoms with E-state index in [0.717, 1.165) is 5.56 Å². The predicted molar refractivity (Wildman–Crippen MR) is 88.4 cm³/mol. The van der Waals surface area contributed by atoms with Crippen LogP contribution in [0.3, 0.4) is 0 Å². The molecule has 1 amide bonds. The normalized spacial score (nSPS) is 11.3. The van der Waals surface area contributed by atoms with Gasteiger partial charge in [0.25, 0.3) is 0 Å². The fraction of sp³-hybridized carbons (Fsp3) is 0.222. The zero-order valence-corrected chi connectivity index (χ0v) is 13.0. The van der Waals surface area contributed by atoms with Crippen LogP contribution in [-0.4, -0.2) is 16.9 Å². The van der Waals surface area contributed by atoms with Crippen molar-refractivity contribution in [2.75, 3.05) is 5.32 Å². The number of anilines is 1. The van der Waals surface area contributed by atoms with Gasteiger partial charge in [-0.05, 0) is 62.1 Å². The van der Waals surface area contributed by atoms with E-state index < -0.39 is 6.04 Å². The Morgan fingerprint density at radius 2 is 1.86 bits per heavy atom. The van der Waals surface area contributed by atoms with Gasteiger partial charge in [-0.3, -0.25) is 4.79 Å². The molecule has 1 heterocycles. The fourth-order valence-electron chi connectivity index (χ4n) is 2.00. The number of aromatic nitrogens is 1. The maximum absolute atomic E-state index is 11.6. The van der Waals surface area contributed by atoms with E-state index in [-0.39, 0.29) is 5.91 Å². The molecule has 2 rings (SSSR count). The van der Waals surface area contributed by atoms with Gasteiger partial charge >= 0.3 is 0 Å². The summed E-state index contributed by atoms with van der Waals surface area (Å²) >= 11 is 0. The minimum atomic E-state index is -0.577. The van der Waals surface area contributed by atoms with Crippen LogP contribution in [0.4, 0.5) is 5.82 Å². The van der Waals surface area contributed by atoms with Gasteiger partial charge in [0.1, 0.15) is 11.5 Å². The van der Waals surface area contributed by atoms with Crippen molar-refractivity contribution in [1.82, 2.24) is 4.98 Å². The van der Waals surface area contributed by atoms with Gasteiger partial charge in [-0.25, -0.2) is 4.98 Å². The molecule has 4 nitrogen and oxygen atoms in total. The summed E-state index contributed by atoms with van der Waals surface area (Å²) in [5, 5.41) is 2.66. The molecule has 0 fully saturated rings.